The number of carbonyl (C=O) groups is 2. The van der Waals surface area contributed by atoms with E-state index in [1.807, 2.05) is 0 Å². The van der Waals surface area contributed by atoms with E-state index in [9.17, 15) is 9.59 Å². The van der Waals surface area contributed by atoms with Gasteiger partial charge in [-0.3, -0.25) is 9.59 Å². The number of hydrogen-bond acceptors (Lipinski definition) is 2. The fraction of sp³-hybridized carbons (Fsp3) is 0.929. The van der Waals surface area contributed by atoms with Crippen LogP contribution >= 0.6 is 0 Å². The minimum Gasteiger partial charge on any atom is -0.354 e. The molecule has 0 bridgehead atoms. The van der Waals surface area contributed by atoms with Gasteiger partial charge in [-0.1, -0.05) is 129 Å². The van der Waals surface area contributed by atoms with Crippen molar-refractivity contribution in [3.63, 3.8) is 0 Å². The van der Waals surface area contributed by atoms with Gasteiger partial charge in [-0.05, 0) is 12.8 Å². The van der Waals surface area contributed by atoms with E-state index in [4.69, 9.17) is 0 Å². The van der Waals surface area contributed by atoms with Crippen LogP contribution in [0.25, 0.3) is 0 Å². The van der Waals surface area contributed by atoms with Gasteiger partial charge >= 0.3 is 0 Å². The average molecular weight is 453 g/mol. The van der Waals surface area contributed by atoms with E-state index in [1.165, 1.54) is 103 Å². The molecular weight excluding hydrogens is 396 g/mol. The molecule has 0 unspecified atom stereocenters. The molecule has 0 aliphatic carbocycles. The molecule has 0 fully saturated rings. The standard InChI is InChI=1S/C28H56N2O2/c1-3-5-7-9-10-11-12-13-14-15-16-17-18-20-22-24-28(32)30-26-25-29-27(31)23-21-19-8-6-4-2/h3-26H2,1-2H3,(H,29,31)(H,30,32). The van der Waals surface area contributed by atoms with Crippen LogP contribution in [0.2, 0.25) is 0 Å². The minimum atomic E-state index is 0.109. The lowest BCUT2D eigenvalue weighted by Gasteiger charge is -2.07. The van der Waals surface area contributed by atoms with E-state index >= 15 is 0 Å². The first-order chi connectivity index (χ1) is 15.7. The molecule has 0 saturated carbocycles. The van der Waals surface area contributed by atoms with Crippen molar-refractivity contribution in [3.8, 4) is 0 Å². The summed E-state index contributed by atoms with van der Waals surface area (Å²) in [6.07, 6.45) is 27.1. The molecule has 32 heavy (non-hydrogen) atoms. The molecule has 0 saturated heterocycles. The van der Waals surface area contributed by atoms with Gasteiger partial charge in [-0.2, -0.15) is 0 Å². The highest BCUT2D eigenvalue weighted by Crippen LogP contribution is 2.13. The summed E-state index contributed by atoms with van der Waals surface area (Å²) in [6.45, 7) is 5.55. The summed E-state index contributed by atoms with van der Waals surface area (Å²) in [5.41, 5.74) is 0. The second kappa shape index (κ2) is 26.2. The third-order valence-electron chi connectivity index (χ3n) is 6.28. The van der Waals surface area contributed by atoms with Gasteiger partial charge in [0.25, 0.3) is 0 Å². The van der Waals surface area contributed by atoms with E-state index in [-0.39, 0.29) is 11.8 Å². The van der Waals surface area contributed by atoms with Gasteiger partial charge in [0.15, 0.2) is 0 Å². The van der Waals surface area contributed by atoms with E-state index < -0.39 is 0 Å². The molecule has 4 nitrogen and oxygen atoms in total. The lowest BCUT2D eigenvalue weighted by atomic mass is 10.0. The molecule has 0 rings (SSSR count). The van der Waals surface area contributed by atoms with Crippen LogP contribution in [0.1, 0.15) is 155 Å². The molecule has 2 amide bonds. The molecule has 0 spiro atoms. The first-order valence-corrected chi connectivity index (χ1v) is 14.2. The summed E-state index contributed by atoms with van der Waals surface area (Å²) in [5.74, 6) is 0.228. The van der Waals surface area contributed by atoms with Gasteiger partial charge in [0.05, 0.1) is 0 Å². The van der Waals surface area contributed by atoms with Crippen molar-refractivity contribution in [1.29, 1.82) is 0 Å². The van der Waals surface area contributed by atoms with Gasteiger partial charge in [-0.15, -0.1) is 0 Å². The number of carbonyl (C=O) groups excluding carboxylic acids is 2. The maximum Gasteiger partial charge on any atom is 0.220 e. The van der Waals surface area contributed by atoms with Gasteiger partial charge in [-0.25, -0.2) is 0 Å². The molecule has 0 aliphatic rings. The summed E-state index contributed by atoms with van der Waals surface area (Å²) < 4.78 is 0. The number of nitrogens with one attached hydrogen (secondary N) is 2. The van der Waals surface area contributed by atoms with Crippen LogP contribution in [-0.2, 0) is 9.59 Å². The van der Waals surface area contributed by atoms with Crippen LogP contribution in [-0.4, -0.2) is 24.9 Å². The largest absolute Gasteiger partial charge is 0.354 e. The van der Waals surface area contributed by atoms with Gasteiger partial charge in [0.2, 0.25) is 11.8 Å². The highest BCUT2D eigenvalue weighted by Gasteiger charge is 2.03. The molecule has 4 heteroatoms. The molecule has 2 N–H and O–H groups in total. The zero-order valence-electron chi connectivity index (χ0n) is 21.8. The highest BCUT2D eigenvalue weighted by atomic mass is 16.2. The molecule has 0 heterocycles. The monoisotopic (exact) mass is 452 g/mol. The summed E-state index contributed by atoms with van der Waals surface area (Å²) >= 11 is 0. The van der Waals surface area contributed by atoms with Crippen molar-refractivity contribution in [2.75, 3.05) is 13.1 Å². The van der Waals surface area contributed by atoms with Crippen molar-refractivity contribution >= 4 is 11.8 Å². The smallest absolute Gasteiger partial charge is 0.220 e. The Labute approximate surface area is 200 Å². The van der Waals surface area contributed by atoms with Crippen molar-refractivity contribution in [2.45, 2.75) is 155 Å². The van der Waals surface area contributed by atoms with Gasteiger partial charge in [0.1, 0.15) is 0 Å². The lowest BCUT2D eigenvalue weighted by Crippen LogP contribution is -2.34. The molecule has 0 aromatic heterocycles. The Balaban J connectivity index is 3.24. The van der Waals surface area contributed by atoms with E-state index in [0.29, 0.717) is 25.9 Å². The quantitative estimate of drug-likeness (QED) is 0.139. The Bertz CT molecular complexity index is 412. The van der Waals surface area contributed by atoms with E-state index in [1.54, 1.807) is 0 Å². The summed E-state index contributed by atoms with van der Waals surface area (Å²) in [4.78, 5) is 23.6. The van der Waals surface area contributed by atoms with Crippen LogP contribution in [0.4, 0.5) is 0 Å². The summed E-state index contributed by atoms with van der Waals surface area (Å²) in [5, 5.41) is 5.82. The third-order valence-corrected chi connectivity index (χ3v) is 6.28. The van der Waals surface area contributed by atoms with Crippen LogP contribution in [0, 0.1) is 0 Å². The van der Waals surface area contributed by atoms with Crippen LogP contribution in [0.3, 0.4) is 0 Å². The Hall–Kier alpha value is -1.06. The van der Waals surface area contributed by atoms with E-state index in [0.717, 1.165) is 25.7 Å². The van der Waals surface area contributed by atoms with Gasteiger partial charge < -0.3 is 10.6 Å². The fourth-order valence-corrected chi connectivity index (χ4v) is 4.13. The first-order valence-electron chi connectivity index (χ1n) is 14.2. The Morgan fingerprint density at radius 1 is 0.406 bits per heavy atom. The molecule has 0 aliphatic heterocycles. The van der Waals surface area contributed by atoms with Crippen molar-refractivity contribution in [3.05, 3.63) is 0 Å². The number of rotatable bonds is 25. The maximum absolute atomic E-state index is 11.9. The molecule has 190 valence electrons. The molecule has 0 aromatic rings. The van der Waals surface area contributed by atoms with Crippen molar-refractivity contribution in [1.82, 2.24) is 10.6 Å². The first kappa shape index (κ1) is 30.9. The molecule has 0 radical (unpaired) electrons. The highest BCUT2D eigenvalue weighted by molar-refractivity contribution is 5.77. The average Bonchev–Trinajstić information content (AvgIpc) is 2.79. The normalized spacial score (nSPS) is 10.9. The second-order valence-corrected chi connectivity index (χ2v) is 9.56. The number of amides is 2. The SMILES string of the molecule is CCCCCCCCCCCCCCCCCC(=O)NCCNC(=O)CCCCCCC. The van der Waals surface area contributed by atoms with Crippen molar-refractivity contribution < 1.29 is 9.59 Å². The Morgan fingerprint density at radius 2 is 0.656 bits per heavy atom. The second-order valence-electron chi connectivity index (χ2n) is 9.56. The predicted octanol–water partition coefficient (Wildman–Crippen LogP) is 7.84. The van der Waals surface area contributed by atoms with Crippen molar-refractivity contribution in [2.24, 2.45) is 0 Å². The zero-order chi connectivity index (χ0) is 23.5. The van der Waals surface area contributed by atoms with Crippen LogP contribution in [0.15, 0.2) is 0 Å². The third kappa shape index (κ3) is 25.2. The Kier molecular flexibility index (Phi) is 25.3. The van der Waals surface area contributed by atoms with Gasteiger partial charge in [0, 0.05) is 25.9 Å². The van der Waals surface area contributed by atoms with Crippen LogP contribution in [0.5, 0.6) is 0 Å². The summed E-state index contributed by atoms with van der Waals surface area (Å²) in [7, 11) is 0. The minimum absolute atomic E-state index is 0.109. The number of hydrogen-bond donors (Lipinski definition) is 2. The summed E-state index contributed by atoms with van der Waals surface area (Å²) in [6, 6.07) is 0. The predicted molar refractivity (Wildman–Crippen MR) is 139 cm³/mol. The maximum atomic E-state index is 11.9. The lowest BCUT2D eigenvalue weighted by molar-refractivity contribution is -0.123. The zero-order valence-corrected chi connectivity index (χ0v) is 21.8. The number of unbranched alkanes of at least 4 members (excludes halogenated alkanes) is 18. The Morgan fingerprint density at radius 3 is 0.938 bits per heavy atom. The molecule has 0 aromatic carbocycles. The van der Waals surface area contributed by atoms with Crippen LogP contribution < -0.4 is 10.6 Å². The van der Waals surface area contributed by atoms with E-state index in [2.05, 4.69) is 24.5 Å². The molecule has 0 atom stereocenters. The molecular formula is C28H56N2O2. The fourth-order valence-electron chi connectivity index (χ4n) is 4.13. The topological polar surface area (TPSA) is 58.2 Å².